The van der Waals surface area contributed by atoms with E-state index < -0.39 is 0 Å². The van der Waals surface area contributed by atoms with Gasteiger partial charge in [0.25, 0.3) is 0 Å². The molecule has 98 valence electrons. The molecule has 0 aliphatic rings. The molecule has 1 heterocycles. The van der Waals surface area contributed by atoms with E-state index in [1.54, 1.807) is 31.2 Å². The highest BCUT2D eigenvalue weighted by Gasteiger charge is 2.08. The summed E-state index contributed by atoms with van der Waals surface area (Å²) in [6.07, 6.45) is 1.45. The SMILES string of the molecule is Cc1cc(NC(=O)Cc2ccccc2F)cnc1Cl. The molecule has 1 aromatic carbocycles. The molecule has 1 aromatic heterocycles. The van der Waals surface area contributed by atoms with Gasteiger partial charge in [0.1, 0.15) is 11.0 Å². The number of pyridine rings is 1. The average molecular weight is 279 g/mol. The molecule has 1 amide bonds. The third-order valence-electron chi connectivity index (χ3n) is 2.61. The number of carbonyl (C=O) groups is 1. The van der Waals surface area contributed by atoms with Gasteiger partial charge in [0.15, 0.2) is 0 Å². The van der Waals surface area contributed by atoms with E-state index in [0.29, 0.717) is 16.4 Å². The predicted octanol–water partition coefficient (Wildman–Crippen LogP) is 3.36. The lowest BCUT2D eigenvalue weighted by Crippen LogP contribution is -2.15. The van der Waals surface area contributed by atoms with Gasteiger partial charge in [-0.1, -0.05) is 29.8 Å². The molecule has 2 aromatic rings. The van der Waals surface area contributed by atoms with Gasteiger partial charge in [-0.25, -0.2) is 9.37 Å². The molecule has 0 saturated heterocycles. The fourth-order valence-electron chi connectivity index (χ4n) is 1.65. The van der Waals surface area contributed by atoms with Crippen LogP contribution in [0.3, 0.4) is 0 Å². The summed E-state index contributed by atoms with van der Waals surface area (Å²) in [4.78, 5) is 15.7. The Morgan fingerprint density at radius 2 is 2.16 bits per heavy atom. The van der Waals surface area contributed by atoms with Crippen LogP contribution in [0.2, 0.25) is 5.15 Å². The summed E-state index contributed by atoms with van der Waals surface area (Å²) in [6, 6.07) is 7.91. The van der Waals surface area contributed by atoms with Crippen molar-refractivity contribution in [3.63, 3.8) is 0 Å². The van der Waals surface area contributed by atoms with Crippen LogP contribution in [-0.2, 0) is 11.2 Å². The minimum atomic E-state index is -0.386. The molecule has 0 fully saturated rings. The number of amides is 1. The Bertz CT molecular complexity index is 616. The van der Waals surface area contributed by atoms with E-state index in [4.69, 9.17) is 11.6 Å². The highest BCUT2D eigenvalue weighted by molar-refractivity contribution is 6.30. The van der Waals surface area contributed by atoms with Crippen LogP contribution in [0.25, 0.3) is 0 Å². The van der Waals surface area contributed by atoms with Crippen LogP contribution in [-0.4, -0.2) is 10.9 Å². The van der Waals surface area contributed by atoms with Gasteiger partial charge in [0.2, 0.25) is 5.91 Å². The fourth-order valence-corrected chi connectivity index (χ4v) is 1.75. The summed E-state index contributed by atoms with van der Waals surface area (Å²) >= 11 is 5.79. The van der Waals surface area contributed by atoms with E-state index in [1.165, 1.54) is 12.3 Å². The van der Waals surface area contributed by atoms with Crippen molar-refractivity contribution in [3.05, 3.63) is 58.6 Å². The Morgan fingerprint density at radius 3 is 2.84 bits per heavy atom. The second-order valence-corrected chi connectivity index (χ2v) is 4.51. The van der Waals surface area contributed by atoms with E-state index in [2.05, 4.69) is 10.3 Å². The Hall–Kier alpha value is -1.94. The van der Waals surface area contributed by atoms with Crippen LogP contribution < -0.4 is 5.32 Å². The maximum atomic E-state index is 13.4. The number of nitrogens with one attached hydrogen (secondary N) is 1. The number of rotatable bonds is 3. The maximum Gasteiger partial charge on any atom is 0.228 e. The Kier molecular flexibility index (Phi) is 4.12. The number of hydrogen-bond acceptors (Lipinski definition) is 2. The van der Waals surface area contributed by atoms with Crippen molar-refractivity contribution >= 4 is 23.2 Å². The molecule has 2 rings (SSSR count). The molecule has 19 heavy (non-hydrogen) atoms. The second-order valence-electron chi connectivity index (χ2n) is 4.15. The zero-order valence-electron chi connectivity index (χ0n) is 10.3. The molecule has 0 radical (unpaired) electrons. The summed E-state index contributed by atoms with van der Waals surface area (Å²) in [5.74, 6) is -0.684. The first kappa shape index (κ1) is 13.5. The van der Waals surface area contributed by atoms with Crippen LogP contribution in [0.1, 0.15) is 11.1 Å². The molecule has 0 bridgehead atoms. The Labute approximate surface area is 115 Å². The van der Waals surface area contributed by atoms with Gasteiger partial charge in [-0.15, -0.1) is 0 Å². The van der Waals surface area contributed by atoms with E-state index >= 15 is 0 Å². The summed E-state index contributed by atoms with van der Waals surface area (Å²) < 4.78 is 13.4. The first-order chi connectivity index (χ1) is 9.06. The van der Waals surface area contributed by atoms with Gasteiger partial charge in [-0.05, 0) is 30.2 Å². The average Bonchev–Trinajstić information content (AvgIpc) is 2.37. The number of halogens is 2. The van der Waals surface area contributed by atoms with Crippen LogP contribution in [0.5, 0.6) is 0 Å². The molecule has 0 atom stereocenters. The van der Waals surface area contributed by atoms with Gasteiger partial charge in [-0.3, -0.25) is 4.79 Å². The normalized spacial score (nSPS) is 10.3. The van der Waals surface area contributed by atoms with Gasteiger partial charge in [0, 0.05) is 0 Å². The first-order valence-electron chi connectivity index (χ1n) is 5.71. The van der Waals surface area contributed by atoms with Crippen LogP contribution in [0, 0.1) is 12.7 Å². The molecule has 0 saturated carbocycles. The van der Waals surface area contributed by atoms with E-state index in [0.717, 1.165) is 5.56 Å². The number of carbonyl (C=O) groups excluding carboxylic acids is 1. The van der Waals surface area contributed by atoms with Crippen molar-refractivity contribution in [1.82, 2.24) is 4.98 Å². The summed E-state index contributed by atoms with van der Waals surface area (Å²) in [6.45, 7) is 1.79. The molecule has 0 aliphatic carbocycles. The molecule has 1 N–H and O–H groups in total. The minimum Gasteiger partial charge on any atom is -0.324 e. The van der Waals surface area contributed by atoms with Crippen molar-refractivity contribution in [2.24, 2.45) is 0 Å². The molecule has 5 heteroatoms. The number of anilines is 1. The third-order valence-corrected chi connectivity index (χ3v) is 3.00. The van der Waals surface area contributed by atoms with E-state index in [-0.39, 0.29) is 18.1 Å². The maximum absolute atomic E-state index is 13.4. The minimum absolute atomic E-state index is 0.0195. The van der Waals surface area contributed by atoms with Gasteiger partial charge in [-0.2, -0.15) is 0 Å². The van der Waals surface area contributed by atoms with Crippen LogP contribution >= 0.6 is 11.6 Å². The van der Waals surface area contributed by atoms with Crippen molar-refractivity contribution in [2.75, 3.05) is 5.32 Å². The molecular weight excluding hydrogens is 267 g/mol. The van der Waals surface area contributed by atoms with Crippen LogP contribution in [0.15, 0.2) is 36.5 Å². The largest absolute Gasteiger partial charge is 0.324 e. The quantitative estimate of drug-likeness (QED) is 0.875. The molecule has 0 spiro atoms. The van der Waals surface area contributed by atoms with Gasteiger partial charge < -0.3 is 5.32 Å². The summed E-state index contributed by atoms with van der Waals surface area (Å²) in [7, 11) is 0. The second kappa shape index (κ2) is 5.80. The highest BCUT2D eigenvalue weighted by atomic mass is 35.5. The standard InChI is InChI=1S/C14H12ClFN2O/c1-9-6-11(8-17-14(9)15)18-13(19)7-10-4-2-3-5-12(10)16/h2-6,8H,7H2,1H3,(H,18,19). The number of benzene rings is 1. The number of nitrogens with zero attached hydrogens (tertiary/aromatic N) is 1. The monoisotopic (exact) mass is 278 g/mol. The van der Waals surface area contributed by atoms with Gasteiger partial charge >= 0.3 is 0 Å². The topological polar surface area (TPSA) is 42.0 Å². The number of hydrogen-bond donors (Lipinski definition) is 1. The third kappa shape index (κ3) is 3.51. The van der Waals surface area contributed by atoms with Crippen molar-refractivity contribution in [1.29, 1.82) is 0 Å². The smallest absolute Gasteiger partial charge is 0.228 e. The molecule has 0 aliphatic heterocycles. The first-order valence-corrected chi connectivity index (χ1v) is 6.09. The lowest BCUT2D eigenvalue weighted by molar-refractivity contribution is -0.115. The molecule has 0 unspecified atom stereocenters. The Balaban J connectivity index is 2.05. The summed E-state index contributed by atoms with van der Waals surface area (Å²) in [5, 5.41) is 3.05. The van der Waals surface area contributed by atoms with Crippen molar-refractivity contribution in [3.8, 4) is 0 Å². The van der Waals surface area contributed by atoms with Gasteiger partial charge in [0.05, 0.1) is 18.3 Å². The van der Waals surface area contributed by atoms with E-state index in [9.17, 15) is 9.18 Å². The predicted molar refractivity (Wildman–Crippen MR) is 72.7 cm³/mol. The summed E-state index contributed by atoms with van der Waals surface area (Å²) in [5.41, 5.74) is 1.67. The zero-order valence-corrected chi connectivity index (χ0v) is 11.0. The number of aryl methyl sites for hydroxylation is 1. The lowest BCUT2D eigenvalue weighted by Gasteiger charge is -2.07. The van der Waals surface area contributed by atoms with Crippen LogP contribution in [0.4, 0.5) is 10.1 Å². The Morgan fingerprint density at radius 1 is 1.42 bits per heavy atom. The fraction of sp³-hybridized carbons (Fsp3) is 0.143. The van der Waals surface area contributed by atoms with E-state index in [1.807, 2.05) is 0 Å². The lowest BCUT2D eigenvalue weighted by atomic mass is 10.1. The molecular formula is C14H12ClFN2O. The van der Waals surface area contributed by atoms with Crippen molar-refractivity contribution in [2.45, 2.75) is 13.3 Å². The highest BCUT2D eigenvalue weighted by Crippen LogP contribution is 2.16. The number of aromatic nitrogens is 1. The molecule has 3 nitrogen and oxygen atoms in total. The van der Waals surface area contributed by atoms with Crippen molar-refractivity contribution < 1.29 is 9.18 Å². The zero-order chi connectivity index (χ0) is 13.8.